The Labute approximate surface area is 114 Å². The second-order valence-electron chi connectivity index (χ2n) is 5.57. The maximum atomic E-state index is 12.7. The molecule has 0 aromatic heterocycles. The van der Waals surface area contributed by atoms with E-state index in [9.17, 15) is 9.50 Å². The highest BCUT2D eigenvalue weighted by atomic mass is 19.1. The van der Waals surface area contributed by atoms with Crippen molar-refractivity contribution in [2.75, 3.05) is 19.7 Å². The molecule has 0 amide bonds. The lowest BCUT2D eigenvalue weighted by Crippen LogP contribution is -2.36. The number of rotatable bonds is 8. The number of halogens is 1. The van der Waals surface area contributed by atoms with Gasteiger partial charge in [0.15, 0.2) is 0 Å². The number of aliphatic hydroxyl groups excluding tert-OH is 1. The van der Waals surface area contributed by atoms with Gasteiger partial charge in [0.25, 0.3) is 0 Å². The van der Waals surface area contributed by atoms with Crippen molar-refractivity contribution in [2.24, 2.45) is 5.41 Å². The largest absolute Gasteiger partial charge is 0.491 e. The number of ether oxygens (including phenoxy) is 1. The minimum Gasteiger partial charge on any atom is -0.491 e. The minimum absolute atomic E-state index is 0.200. The summed E-state index contributed by atoms with van der Waals surface area (Å²) in [5.74, 6) is 0.269. The average molecular weight is 269 g/mol. The minimum atomic E-state index is -0.572. The predicted molar refractivity (Wildman–Crippen MR) is 74.8 cm³/mol. The van der Waals surface area contributed by atoms with Crippen LogP contribution in [0.25, 0.3) is 0 Å². The first-order valence-corrected chi connectivity index (χ1v) is 6.70. The van der Waals surface area contributed by atoms with Crippen LogP contribution < -0.4 is 10.1 Å². The summed E-state index contributed by atoms with van der Waals surface area (Å²) in [7, 11) is 0. The summed E-state index contributed by atoms with van der Waals surface area (Å²) in [4.78, 5) is 0. The average Bonchev–Trinajstić information content (AvgIpc) is 2.38. The summed E-state index contributed by atoms with van der Waals surface area (Å²) in [6, 6.07) is 5.78. The molecule has 0 saturated heterocycles. The van der Waals surface area contributed by atoms with Crippen LogP contribution in [0.5, 0.6) is 5.75 Å². The Hall–Kier alpha value is -1.13. The predicted octanol–water partition coefficient (Wildman–Crippen LogP) is 2.59. The lowest BCUT2D eigenvalue weighted by atomic mass is 9.90. The highest BCUT2D eigenvalue weighted by Gasteiger charge is 2.15. The molecule has 1 aromatic rings. The van der Waals surface area contributed by atoms with Crippen LogP contribution in [0.15, 0.2) is 24.3 Å². The Morgan fingerprint density at radius 1 is 1.32 bits per heavy atom. The molecule has 1 unspecified atom stereocenters. The molecule has 0 aliphatic rings. The van der Waals surface area contributed by atoms with Crippen LogP contribution in [0.4, 0.5) is 4.39 Å². The van der Waals surface area contributed by atoms with Crippen molar-refractivity contribution in [3.8, 4) is 5.75 Å². The molecule has 0 fully saturated rings. The van der Waals surface area contributed by atoms with Gasteiger partial charge in [-0.1, -0.05) is 20.8 Å². The Morgan fingerprint density at radius 3 is 2.53 bits per heavy atom. The highest BCUT2D eigenvalue weighted by molar-refractivity contribution is 5.22. The number of aliphatic hydroxyl groups is 1. The van der Waals surface area contributed by atoms with E-state index in [-0.39, 0.29) is 17.8 Å². The lowest BCUT2D eigenvalue weighted by molar-refractivity contribution is 0.103. The van der Waals surface area contributed by atoms with Crippen LogP contribution in [0, 0.1) is 11.2 Å². The van der Waals surface area contributed by atoms with Gasteiger partial charge in [0.1, 0.15) is 24.3 Å². The smallest absolute Gasteiger partial charge is 0.123 e. The molecule has 1 atom stereocenters. The van der Waals surface area contributed by atoms with E-state index in [0.717, 1.165) is 13.0 Å². The molecular formula is C15H24FNO2. The standard InChI is InChI=1S/C15H24FNO2/c1-4-15(2,3)11-17-9-13(18)10-19-14-7-5-12(16)6-8-14/h5-8,13,17-18H,4,9-11H2,1-3H3. The molecule has 0 bridgehead atoms. The van der Waals surface area contributed by atoms with Crippen molar-refractivity contribution in [1.29, 1.82) is 0 Å². The van der Waals surface area contributed by atoms with Gasteiger partial charge < -0.3 is 15.2 Å². The zero-order valence-corrected chi connectivity index (χ0v) is 11.9. The quantitative estimate of drug-likeness (QED) is 0.762. The molecule has 0 aliphatic carbocycles. The van der Waals surface area contributed by atoms with Crippen LogP contribution in [-0.2, 0) is 0 Å². The molecule has 108 valence electrons. The third kappa shape index (κ3) is 6.55. The summed E-state index contributed by atoms with van der Waals surface area (Å²) in [5.41, 5.74) is 0.234. The zero-order chi connectivity index (χ0) is 14.3. The van der Waals surface area contributed by atoms with Crippen LogP contribution in [-0.4, -0.2) is 30.9 Å². The van der Waals surface area contributed by atoms with Crippen molar-refractivity contribution >= 4 is 0 Å². The van der Waals surface area contributed by atoms with E-state index in [1.165, 1.54) is 12.1 Å². The van der Waals surface area contributed by atoms with Crippen LogP contribution >= 0.6 is 0 Å². The molecule has 0 heterocycles. The number of hydrogen-bond donors (Lipinski definition) is 2. The Bertz CT molecular complexity index is 365. The Kier molecular flexibility index (Phi) is 6.25. The Balaban J connectivity index is 2.21. The highest BCUT2D eigenvalue weighted by Crippen LogP contribution is 2.17. The van der Waals surface area contributed by atoms with Gasteiger partial charge in [-0.05, 0) is 36.1 Å². The first-order chi connectivity index (χ1) is 8.93. The van der Waals surface area contributed by atoms with Gasteiger partial charge in [-0.3, -0.25) is 0 Å². The van der Waals surface area contributed by atoms with Crippen molar-refractivity contribution < 1.29 is 14.2 Å². The SMILES string of the molecule is CCC(C)(C)CNCC(O)COc1ccc(F)cc1. The molecule has 0 spiro atoms. The number of nitrogens with one attached hydrogen (secondary N) is 1. The van der Waals surface area contributed by atoms with E-state index in [4.69, 9.17) is 4.74 Å². The molecular weight excluding hydrogens is 245 g/mol. The fraction of sp³-hybridized carbons (Fsp3) is 0.600. The normalized spacial score (nSPS) is 13.3. The summed E-state index contributed by atoms with van der Waals surface area (Å²) in [6.45, 7) is 8.06. The van der Waals surface area contributed by atoms with Crippen molar-refractivity contribution in [3.63, 3.8) is 0 Å². The zero-order valence-electron chi connectivity index (χ0n) is 11.9. The first kappa shape index (κ1) is 15.9. The maximum Gasteiger partial charge on any atom is 0.123 e. The fourth-order valence-electron chi connectivity index (χ4n) is 1.48. The molecule has 4 heteroatoms. The fourth-order valence-corrected chi connectivity index (χ4v) is 1.48. The van der Waals surface area contributed by atoms with Crippen molar-refractivity contribution in [3.05, 3.63) is 30.1 Å². The number of benzene rings is 1. The molecule has 1 rings (SSSR count). The van der Waals surface area contributed by atoms with Crippen molar-refractivity contribution in [2.45, 2.75) is 33.3 Å². The van der Waals surface area contributed by atoms with E-state index < -0.39 is 6.10 Å². The van der Waals surface area contributed by atoms with E-state index in [0.29, 0.717) is 12.3 Å². The molecule has 0 saturated carbocycles. The van der Waals surface area contributed by atoms with Crippen LogP contribution in [0.1, 0.15) is 27.2 Å². The van der Waals surface area contributed by atoms with Gasteiger partial charge in [0.2, 0.25) is 0 Å². The molecule has 0 aliphatic heterocycles. The Morgan fingerprint density at radius 2 is 1.95 bits per heavy atom. The second-order valence-corrected chi connectivity index (χ2v) is 5.57. The van der Waals surface area contributed by atoms with Crippen LogP contribution in [0.2, 0.25) is 0 Å². The van der Waals surface area contributed by atoms with Gasteiger partial charge in [-0.25, -0.2) is 4.39 Å². The van der Waals surface area contributed by atoms with Gasteiger partial charge in [0, 0.05) is 13.1 Å². The monoisotopic (exact) mass is 269 g/mol. The van der Waals surface area contributed by atoms with Crippen molar-refractivity contribution in [1.82, 2.24) is 5.32 Å². The second kappa shape index (κ2) is 7.46. The summed E-state index contributed by atoms with van der Waals surface area (Å²) >= 11 is 0. The summed E-state index contributed by atoms with van der Waals surface area (Å²) in [5, 5.41) is 13.0. The van der Waals surface area contributed by atoms with Crippen LogP contribution in [0.3, 0.4) is 0 Å². The van der Waals surface area contributed by atoms with Gasteiger partial charge >= 0.3 is 0 Å². The molecule has 1 aromatic carbocycles. The molecule has 3 nitrogen and oxygen atoms in total. The van der Waals surface area contributed by atoms with Gasteiger partial charge in [-0.2, -0.15) is 0 Å². The summed E-state index contributed by atoms with van der Waals surface area (Å²) < 4.78 is 18.1. The molecule has 2 N–H and O–H groups in total. The third-order valence-corrected chi connectivity index (χ3v) is 3.20. The van der Waals surface area contributed by atoms with Gasteiger partial charge in [0.05, 0.1) is 0 Å². The first-order valence-electron chi connectivity index (χ1n) is 6.70. The van der Waals surface area contributed by atoms with Gasteiger partial charge in [-0.15, -0.1) is 0 Å². The molecule has 0 radical (unpaired) electrons. The third-order valence-electron chi connectivity index (χ3n) is 3.20. The van der Waals surface area contributed by atoms with E-state index in [1.54, 1.807) is 12.1 Å². The number of hydrogen-bond acceptors (Lipinski definition) is 3. The van der Waals surface area contributed by atoms with E-state index >= 15 is 0 Å². The topological polar surface area (TPSA) is 41.5 Å². The van der Waals surface area contributed by atoms with E-state index in [1.807, 2.05) is 0 Å². The molecule has 19 heavy (non-hydrogen) atoms. The summed E-state index contributed by atoms with van der Waals surface area (Å²) in [6.07, 6.45) is 0.514. The lowest BCUT2D eigenvalue weighted by Gasteiger charge is -2.24. The maximum absolute atomic E-state index is 12.7. The van der Waals surface area contributed by atoms with E-state index in [2.05, 4.69) is 26.1 Å².